The van der Waals surface area contributed by atoms with Gasteiger partial charge in [0, 0.05) is 12.6 Å². The molecular formula is C18H19NO2. The first kappa shape index (κ1) is 15.0. The summed E-state index contributed by atoms with van der Waals surface area (Å²) in [5.41, 5.74) is 2.92. The first-order valence-corrected chi connectivity index (χ1v) is 6.91. The molecule has 2 N–H and O–H groups in total. The van der Waals surface area contributed by atoms with E-state index in [0.29, 0.717) is 0 Å². The van der Waals surface area contributed by atoms with E-state index in [-0.39, 0.29) is 12.5 Å². The lowest BCUT2D eigenvalue weighted by Gasteiger charge is -2.10. The SMILES string of the molecule is Cc1cccc(/C=C/C(=O)NCC(O)c2ccccc2)c1. The number of hydrogen-bond acceptors (Lipinski definition) is 2. The fourth-order valence-electron chi connectivity index (χ4n) is 1.99. The van der Waals surface area contributed by atoms with E-state index in [2.05, 4.69) is 5.32 Å². The number of aliphatic hydroxyl groups is 1. The molecule has 2 aromatic carbocycles. The van der Waals surface area contributed by atoms with Crippen molar-refractivity contribution >= 4 is 12.0 Å². The zero-order chi connectivity index (χ0) is 15.1. The molecule has 2 aromatic rings. The fourth-order valence-corrected chi connectivity index (χ4v) is 1.99. The summed E-state index contributed by atoms with van der Waals surface area (Å²) in [4.78, 5) is 11.7. The third kappa shape index (κ3) is 4.89. The van der Waals surface area contributed by atoms with Gasteiger partial charge in [-0.15, -0.1) is 0 Å². The van der Waals surface area contributed by atoms with Crippen molar-refractivity contribution < 1.29 is 9.90 Å². The van der Waals surface area contributed by atoms with E-state index in [1.807, 2.05) is 61.5 Å². The van der Waals surface area contributed by atoms with Gasteiger partial charge in [0.2, 0.25) is 5.91 Å². The molecule has 0 aliphatic rings. The van der Waals surface area contributed by atoms with Crippen molar-refractivity contribution in [2.75, 3.05) is 6.54 Å². The van der Waals surface area contributed by atoms with Crippen molar-refractivity contribution in [1.29, 1.82) is 0 Å². The van der Waals surface area contributed by atoms with E-state index in [9.17, 15) is 9.90 Å². The van der Waals surface area contributed by atoms with Gasteiger partial charge in [0.05, 0.1) is 6.10 Å². The molecule has 3 nitrogen and oxygen atoms in total. The molecule has 0 fully saturated rings. The minimum Gasteiger partial charge on any atom is -0.387 e. The highest BCUT2D eigenvalue weighted by atomic mass is 16.3. The van der Waals surface area contributed by atoms with Crippen LogP contribution in [-0.2, 0) is 4.79 Å². The number of aryl methyl sites for hydroxylation is 1. The molecule has 0 saturated heterocycles. The van der Waals surface area contributed by atoms with Crippen LogP contribution in [0, 0.1) is 6.92 Å². The molecule has 1 unspecified atom stereocenters. The predicted octanol–water partition coefficient (Wildman–Crippen LogP) is 2.86. The number of carbonyl (C=O) groups excluding carboxylic acids is 1. The van der Waals surface area contributed by atoms with Crippen LogP contribution in [0.5, 0.6) is 0 Å². The smallest absolute Gasteiger partial charge is 0.244 e. The Kier molecular flexibility index (Phi) is 5.29. The van der Waals surface area contributed by atoms with Gasteiger partial charge in [-0.1, -0.05) is 60.2 Å². The Labute approximate surface area is 124 Å². The normalized spacial score (nSPS) is 12.3. The minimum atomic E-state index is -0.692. The van der Waals surface area contributed by atoms with Crippen LogP contribution in [0.25, 0.3) is 6.08 Å². The zero-order valence-corrected chi connectivity index (χ0v) is 12.0. The lowest BCUT2D eigenvalue weighted by atomic mass is 10.1. The molecule has 0 radical (unpaired) electrons. The highest BCUT2D eigenvalue weighted by molar-refractivity contribution is 5.91. The molecule has 0 saturated carbocycles. The number of carbonyl (C=O) groups is 1. The molecule has 2 rings (SSSR count). The Hall–Kier alpha value is -2.39. The molecule has 0 aliphatic carbocycles. The summed E-state index contributed by atoms with van der Waals surface area (Å²) < 4.78 is 0. The van der Waals surface area contributed by atoms with Crippen molar-refractivity contribution in [2.24, 2.45) is 0 Å². The van der Waals surface area contributed by atoms with Crippen molar-refractivity contribution in [1.82, 2.24) is 5.32 Å². The fraction of sp³-hybridized carbons (Fsp3) is 0.167. The maximum atomic E-state index is 11.7. The van der Waals surface area contributed by atoms with Gasteiger partial charge in [0.25, 0.3) is 0 Å². The number of amides is 1. The van der Waals surface area contributed by atoms with Crippen LogP contribution in [0.3, 0.4) is 0 Å². The monoisotopic (exact) mass is 281 g/mol. The molecule has 1 amide bonds. The molecule has 0 aromatic heterocycles. The molecule has 0 heterocycles. The first-order valence-electron chi connectivity index (χ1n) is 6.91. The van der Waals surface area contributed by atoms with E-state index in [1.54, 1.807) is 6.08 Å². The Morgan fingerprint density at radius 3 is 2.67 bits per heavy atom. The molecular weight excluding hydrogens is 262 g/mol. The second-order valence-electron chi connectivity index (χ2n) is 4.92. The molecule has 108 valence electrons. The average molecular weight is 281 g/mol. The lowest BCUT2D eigenvalue weighted by Crippen LogP contribution is -2.26. The summed E-state index contributed by atoms with van der Waals surface area (Å²) in [6.45, 7) is 2.20. The molecule has 1 atom stereocenters. The van der Waals surface area contributed by atoms with Gasteiger partial charge in [0.15, 0.2) is 0 Å². The third-order valence-electron chi connectivity index (χ3n) is 3.12. The third-order valence-corrected chi connectivity index (χ3v) is 3.12. The van der Waals surface area contributed by atoms with Gasteiger partial charge in [-0.25, -0.2) is 0 Å². The number of aliphatic hydroxyl groups excluding tert-OH is 1. The van der Waals surface area contributed by atoms with Crippen LogP contribution < -0.4 is 5.32 Å². The van der Waals surface area contributed by atoms with Crippen LogP contribution >= 0.6 is 0 Å². The second kappa shape index (κ2) is 7.41. The largest absolute Gasteiger partial charge is 0.387 e. The maximum absolute atomic E-state index is 11.7. The summed E-state index contributed by atoms with van der Waals surface area (Å²) in [5, 5.41) is 12.6. The summed E-state index contributed by atoms with van der Waals surface area (Å²) in [6.07, 6.45) is 2.55. The van der Waals surface area contributed by atoms with E-state index < -0.39 is 6.10 Å². The quantitative estimate of drug-likeness (QED) is 0.828. The number of hydrogen-bond donors (Lipinski definition) is 2. The minimum absolute atomic E-state index is 0.195. The standard InChI is InChI=1S/C18H19NO2/c1-14-6-5-7-15(12-14)10-11-18(21)19-13-17(20)16-8-3-2-4-9-16/h2-12,17,20H,13H2,1H3,(H,19,21)/b11-10+. The van der Waals surface area contributed by atoms with Crippen LogP contribution in [-0.4, -0.2) is 17.6 Å². The van der Waals surface area contributed by atoms with Gasteiger partial charge >= 0.3 is 0 Å². The Balaban J connectivity index is 1.85. The first-order chi connectivity index (χ1) is 10.1. The Morgan fingerprint density at radius 2 is 1.95 bits per heavy atom. The van der Waals surface area contributed by atoms with E-state index in [0.717, 1.165) is 16.7 Å². The molecule has 0 aliphatic heterocycles. The second-order valence-corrected chi connectivity index (χ2v) is 4.92. The molecule has 0 spiro atoms. The van der Waals surface area contributed by atoms with E-state index in [1.165, 1.54) is 6.08 Å². The van der Waals surface area contributed by atoms with E-state index >= 15 is 0 Å². The molecule has 0 bridgehead atoms. The highest BCUT2D eigenvalue weighted by Crippen LogP contribution is 2.10. The molecule has 3 heteroatoms. The number of benzene rings is 2. The summed E-state index contributed by atoms with van der Waals surface area (Å²) >= 11 is 0. The van der Waals surface area contributed by atoms with Crippen LogP contribution in [0.2, 0.25) is 0 Å². The lowest BCUT2D eigenvalue weighted by molar-refractivity contribution is -0.116. The average Bonchev–Trinajstić information content (AvgIpc) is 2.51. The number of nitrogens with one attached hydrogen (secondary N) is 1. The summed E-state index contributed by atoms with van der Waals surface area (Å²) in [5.74, 6) is -0.216. The van der Waals surface area contributed by atoms with Crippen molar-refractivity contribution in [3.05, 3.63) is 77.4 Å². The van der Waals surface area contributed by atoms with Gasteiger partial charge in [0.1, 0.15) is 0 Å². The Bertz CT molecular complexity index is 620. The van der Waals surface area contributed by atoms with Crippen LogP contribution in [0.15, 0.2) is 60.7 Å². The van der Waals surface area contributed by atoms with Crippen molar-refractivity contribution in [3.63, 3.8) is 0 Å². The Morgan fingerprint density at radius 1 is 1.19 bits per heavy atom. The van der Waals surface area contributed by atoms with Gasteiger partial charge in [-0.3, -0.25) is 4.79 Å². The van der Waals surface area contributed by atoms with Gasteiger partial charge in [-0.05, 0) is 24.1 Å². The van der Waals surface area contributed by atoms with Gasteiger partial charge < -0.3 is 10.4 Å². The van der Waals surface area contributed by atoms with Crippen LogP contribution in [0.4, 0.5) is 0 Å². The van der Waals surface area contributed by atoms with E-state index in [4.69, 9.17) is 0 Å². The molecule has 21 heavy (non-hydrogen) atoms. The highest BCUT2D eigenvalue weighted by Gasteiger charge is 2.07. The predicted molar refractivity (Wildman–Crippen MR) is 84.6 cm³/mol. The summed E-state index contributed by atoms with van der Waals surface area (Å²) in [7, 11) is 0. The van der Waals surface area contributed by atoms with Crippen LogP contribution in [0.1, 0.15) is 22.8 Å². The zero-order valence-electron chi connectivity index (χ0n) is 12.0. The van der Waals surface area contributed by atoms with Gasteiger partial charge in [-0.2, -0.15) is 0 Å². The van der Waals surface area contributed by atoms with Crippen molar-refractivity contribution in [3.8, 4) is 0 Å². The summed E-state index contributed by atoms with van der Waals surface area (Å²) in [6, 6.07) is 17.2. The number of rotatable bonds is 5. The van der Waals surface area contributed by atoms with Crippen molar-refractivity contribution in [2.45, 2.75) is 13.0 Å². The maximum Gasteiger partial charge on any atom is 0.244 e. The topological polar surface area (TPSA) is 49.3 Å².